The van der Waals surface area contributed by atoms with Crippen LogP contribution in [0.15, 0.2) is 24.3 Å². The number of hydrogen-bond donors (Lipinski definition) is 2. The van der Waals surface area contributed by atoms with Gasteiger partial charge in [0.25, 0.3) is 0 Å². The molecule has 1 fully saturated rings. The first-order valence-electron chi connectivity index (χ1n) is 6.83. The molecule has 100 valence electrons. The van der Waals surface area contributed by atoms with Gasteiger partial charge in [-0.1, -0.05) is 37.6 Å². The Bertz CT molecular complexity index is 375. The van der Waals surface area contributed by atoms with Gasteiger partial charge >= 0.3 is 0 Å². The lowest BCUT2D eigenvalue weighted by molar-refractivity contribution is 0.359. The lowest BCUT2D eigenvalue weighted by atomic mass is 9.95. The second kappa shape index (κ2) is 6.05. The van der Waals surface area contributed by atoms with Gasteiger partial charge in [0, 0.05) is 23.1 Å². The maximum absolute atomic E-state index is 5.98. The van der Waals surface area contributed by atoms with E-state index < -0.39 is 0 Å². The van der Waals surface area contributed by atoms with Crippen molar-refractivity contribution in [3.8, 4) is 0 Å². The van der Waals surface area contributed by atoms with Gasteiger partial charge < -0.3 is 11.1 Å². The van der Waals surface area contributed by atoms with Crippen molar-refractivity contribution in [2.75, 3.05) is 0 Å². The highest BCUT2D eigenvalue weighted by molar-refractivity contribution is 6.30. The molecule has 3 atom stereocenters. The molecule has 0 amide bonds. The Morgan fingerprint density at radius 2 is 1.89 bits per heavy atom. The van der Waals surface area contributed by atoms with Crippen LogP contribution < -0.4 is 11.1 Å². The standard InChI is InChI=1S/C15H23ClN2/c1-10(2)15(11-3-5-12(16)6-4-11)18-14-8-7-13(17)9-14/h3-6,10,13-15,18H,7-9,17H2,1-2H3. The van der Waals surface area contributed by atoms with Gasteiger partial charge in [0.05, 0.1) is 0 Å². The van der Waals surface area contributed by atoms with Crippen LogP contribution in [0.3, 0.4) is 0 Å². The van der Waals surface area contributed by atoms with Gasteiger partial charge in [0.1, 0.15) is 0 Å². The van der Waals surface area contributed by atoms with Gasteiger partial charge in [0.15, 0.2) is 0 Å². The Balaban J connectivity index is 2.06. The molecule has 2 nitrogen and oxygen atoms in total. The normalized spacial score (nSPS) is 25.6. The molecule has 1 saturated carbocycles. The summed E-state index contributed by atoms with van der Waals surface area (Å²) >= 11 is 5.95. The van der Waals surface area contributed by atoms with Crippen molar-refractivity contribution in [3.63, 3.8) is 0 Å². The zero-order valence-corrected chi connectivity index (χ0v) is 12.0. The number of halogens is 1. The molecular weight excluding hydrogens is 244 g/mol. The molecule has 3 N–H and O–H groups in total. The predicted molar refractivity (Wildman–Crippen MR) is 77.8 cm³/mol. The second-order valence-electron chi connectivity index (χ2n) is 5.71. The third kappa shape index (κ3) is 3.47. The van der Waals surface area contributed by atoms with Crippen LogP contribution in [0.2, 0.25) is 5.02 Å². The molecule has 0 saturated heterocycles. The summed E-state index contributed by atoms with van der Waals surface area (Å²) in [5, 5.41) is 4.55. The Morgan fingerprint density at radius 1 is 1.22 bits per heavy atom. The fourth-order valence-electron chi connectivity index (χ4n) is 2.77. The van der Waals surface area contributed by atoms with Crippen LogP contribution in [-0.2, 0) is 0 Å². The molecule has 0 aromatic heterocycles. The van der Waals surface area contributed by atoms with Gasteiger partial charge in [-0.05, 0) is 42.9 Å². The van der Waals surface area contributed by atoms with E-state index in [1.165, 1.54) is 12.0 Å². The van der Waals surface area contributed by atoms with E-state index in [-0.39, 0.29) is 0 Å². The molecule has 0 heterocycles. The minimum Gasteiger partial charge on any atom is -0.328 e. The Kier molecular flexibility index (Phi) is 4.66. The molecule has 1 aromatic carbocycles. The summed E-state index contributed by atoms with van der Waals surface area (Å²) in [5.41, 5.74) is 7.29. The van der Waals surface area contributed by atoms with Gasteiger partial charge in [-0.15, -0.1) is 0 Å². The zero-order valence-electron chi connectivity index (χ0n) is 11.2. The van der Waals surface area contributed by atoms with Crippen LogP contribution in [0.1, 0.15) is 44.7 Å². The first kappa shape index (κ1) is 13.9. The molecule has 3 heteroatoms. The summed E-state index contributed by atoms with van der Waals surface area (Å²) in [5.74, 6) is 0.558. The van der Waals surface area contributed by atoms with E-state index in [0.29, 0.717) is 24.0 Å². The number of hydrogen-bond acceptors (Lipinski definition) is 2. The average Bonchev–Trinajstić information content (AvgIpc) is 2.73. The van der Waals surface area contributed by atoms with E-state index >= 15 is 0 Å². The van der Waals surface area contributed by atoms with Gasteiger partial charge in [0.2, 0.25) is 0 Å². The van der Waals surface area contributed by atoms with E-state index in [2.05, 4.69) is 31.3 Å². The maximum Gasteiger partial charge on any atom is 0.0406 e. The van der Waals surface area contributed by atoms with Crippen molar-refractivity contribution in [1.29, 1.82) is 0 Å². The summed E-state index contributed by atoms with van der Waals surface area (Å²) in [6.45, 7) is 4.50. The molecule has 3 unspecified atom stereocenters. The Hall–Kier alpha value is -0.570. The van der Waals surface area contributed by atoms with Crippen molar-refractivity contribution in [2.45, 2.75) is 51.2 Å². The third-order valence-corrected chi connectivity index (χ3v) is 4.04. The smallest absolute Gasteiger partial charge is 0.0406 e. The molecule has 18 heavy (non-hydrogen) atoms. The molecule has 0 bridgehead atoms. The summed E-state index contributed by atoms with van der Waals surface area (Å²) in [4.78, 5) is 0. The monoisotopic (exact) mass is 266 g/mol. The van der Waals surface area contributed by atoms with Crippen LogP contribution in [0.5, 0.6) is 0 Å². The lowest BCUT2D eigenvalue weighted by Crippen LogP contribution is -2.34. The average molecular weight is 267 g/mol. The van der Waals surface area contributed by atoms with E-state index in [1.54, 1.807) is 0 Å². The highest BCUT2D eigenvalue weighted by atomic mass is 35.5. The fraction of sp³-hybridized carbons (Fsp3) is 0.600. The number of nitrogens with two attached hydrogens (primary N) is 1. The maximum atomic E-state index is 5.98. The van der Waals surface area contributed by atoms with E-state index in [9.17, 15) is 0 Å². The molecule has 2 rings (SSSR count). The topological polar surface area (TPSA) is 38.0 Å². The van der Waals surface area contributed by atoms with Crippen molar-refractivity contribution >= 4 is 11.6 Å². The minimum absolute atomic E-state index is 0.375. The molecule has 0 radical (unpaired) electrons. The van der Waals surface area contributed by atoms with Gasteiger partial charge in [-0.3, -0.25) is 0 Å². The van der Waals surface area contributed by atoms with Crippen molar-refractivity contribution in [1.82, 2.24) is 5.32 Å². The number of rotatable bonds is 4. The highest BCUT2D eigenvalue weighted by Crippen LogP contribution is 2.27. The Morgan fingerprint density at radius 3 is 2.39 bits per heavy atom. The third-order valence-electron chi connectivity index (χ3n) is 3.78. The molecule has 1 aliphatic rings. The largest absolute Gasteiger partial charge is 0.328 e. The van der Waals surface area contributed by atoms with Crippen molar-refractivity contribution in [3.05, 3.63) is 34.9 Å². The highest BCUT2D eigenvalue weighted by Gasteiger charge is 2.25. The number of nitrogens with one attached hydrogen (secondary N) is 1. The summed E-state index contributed by atoms with van der Waals surface area (Å²) < 4.78 is 0. The number of benzene rings is 1. The molecular formula is C15H23ClN2. The molecule has 0 aliphatic heterocycles. The molecule has 0 spiro atoms. The molecule has 1 aliphatic carbocycles. The minimum atomic E-state index is 0.375. The summed E-state index contributed by atoms with van der Waals surface area (Å²) in [6.07, 6.45) is 3.43. The summed E-state index contributed by atoms with van der Waals surface area (Å²) in [7, 11) is 0. The fourth-order valence-corrected chi connectivity index (χ4v) is 2.89. The van der Waals surface area contributed by atoms with Crippen LogP contribution in [0, 0.1) is 5.92 Å². The van der Waals surface area contributed by atoms with Crippen LogP contribution in [0.25, 0.3) is 0 Å². The van der Waals surface area contributed by atoms with Crippen LogP contribution in [-0.4, -0.2) is 12.1 Å². The quantitative estimate of drug-likeness (QED) is 0.875. The van der Waals surface area contributed by atoms with Gasteiger partial charge in [-0.25, -0.2) is 0 Å². The predicted octanol–water partition coefficient (Wildman–Crippen LogP) is 3.51. The second-order valence-corrected chi connectivity index (χ2v) is 6.15. The van der Waals surface area contributed by atoms with Crippen molar-refractivity contribution < 1.29 is 0 Å². The van der Waals surface area contributed by atoms with E-state index in [1.807, 2.05) is 12.1 Å². The SMILES string of the molecule is CC(C)C(NC1CCC(N)C1)c1ccc(Cl)cc1. The van der Waals surface area contributed by atoms with E-state index in [4.69, 9.17) is 17.3 Å². The Labute approximate surface area is 115 Å². The summed E-state index contributed by atoms with van der Waals surface area (Å²) in [6, 6.07) is 9.49. The van der Waals surface area contributed by atoms with Crippen LogP contribution in [0.4, 0.5) is 0 Å². The van der Waals surface area contributed by atoms with Crippen LogP contribution >= 0.6 is 11.6 Å². The van der Waals surface area contributed by atoms with Gasteiger partial charge in [-0.2, -0.15) is 0 Å². The van der Waals surface area contributed by atoms with Crippen molar-refractivity contribution in [2.24, 2.45) is 11.7 Å². The first-order valence-corrected chi connectivity index (χ1v) is 7.21. The van der Waals surface area contributed by atoms with E-state index in [0.717, 1.165) is 17.9 Å². The molecule has 1 aromatic rings. The zero-order chi connectivity index (χ0) is 13.1. The first-order chi connectivity index (χ1) is 8.56. The lowest BCUT2D eigenvalue weighted by Gasteiger charge is -2.27.